The molecule has 1 N–H and O–H groups in total. The van der Waals surface area contributed by atoms with E-state index < -0.39 is 0 Å². The Morgan fingerprint density at radius 1 is 1.10 bits per heavy atom. The summed E-state index contributed by atoms with van der Waals surface area (Å²) in [5.41, 5.74) is 2.12. The molecule has 1 saturated heterocycles. The lowest BCUT2D eigenvalue weighted by Crippen LogP contribution is -2.45. The predicted octanol–water partition coefficient (Wildman–Crippen LogP) is 3.92. The maximum Gasteiger partial charge on any atom is 0.225 e. The molecule has 2 aromatic carbocycles. The zero-order chi connectivity index (χ0) is 20.5. The van der Waals surface area contributed by atoms with E-state index in [9.17, 15) is 9.59 Å². The number of carbonyl (C=O) groups is 2. The monoisotopic (exact) mass is 394 g/mol. The first-order valence-electron chi connectivity index (χ1n) is 10.5. The molecule has 1 aliphatic heterocycles. The number of rotatable bonds is 8. The van der Waals surface area contributed by atoms with Gasteiger partial charge in [0.15, 0.2) is 0 Å². The van der Waals surface area contributed by atoms with Crippen molar-refractivity contribution in [1.29, 1.82) is 0 Å². The van der Waals surface area contributed by atoms with Crippen molar-refractivity contribution in [3.05, 3.63) is 65.7 Å². The highest BCUT2D eigenvalue weighted by molar-refractivity contribution is 5.81. The Morgan fingerprint density at radius 3 is 2.69 bits per heavy atom. The number of hydrogen-bond acceptors (Lipinski definition) is 3. The van der Waals surface area contributed by atoms with Gasteiger partial charge in [-0.15, -0.1) is 0 Å². The molecule has 1 aliphatic rings. The third kappa shape index (κ3) is 6.34. The Hall–Kier alpha value is -2.82. The first-order valence-corrected chi connectivity index (χ1v) is 10.5. The van der Waals surface area contributed by atoms with Crippen LogP contribution >= 0.6 is 0 Å². The summed E-state index contributed by atoms with van der Waals surface area (Å²) in [7, 11) is 0. The van der Waals surface area contributed by atoms with Crippen LogP contribution in [0.2, 0.25) is 0 Å². The summed E-state index contributed by atoms with van der Waals surface area (Å²) in [6.07, 6.45) is 3.12. The van der Waals surface area contributed by atoms with Gasteiger partial charge in [0.05, 0.1) is 5.92 Å². The summed E-state index contributed by atoms with van der Waals surface area (Å²) in [6.45, 7) is 4.28. The van der Waals surface area contributed by atoms with Gasteiger partial charge < -0.3 is 15.0 Å². The first kappa shape index (κ1) is 20.9. The molecule has 29 heavy (non-hydrogen) atoms. The topological polar surface area (TPSA) is 58.6 Å². The van der Waals surface area contributed by atoms with E-state index in [1.54, 1.807) is 0 Å². The second-order valence-corrected chi connectivity index (χ2v) is 7.57. The Balaban J connectivity index is 1.49. The largest absolute Gasteiger partial charge is 0.489 e. The van der Waals surface area contributed by atoms with Gasteiger partial charge in [0.2, 0.25) is 11.8 Å². The van der Waals surface area contributed by atoms with Crippen molar-refractivity contribution in [2.75, 3.05) is 13.1 Å². The van der Waals surface area contributed by atoms with Crippen LogP contribution in [-0.4, -0.2) is 29.8 Å². The van der Waals surface area contributed by atoms with Gasteiger partial charge in [-0.2, -0.15) is 0 Å². The number of nitrogens with zero attached hydrogens (tertiary/aromatic N) is 1. The fourth-order valence-corrected chi connectivity index (χ4v) is 3.61. The lowest BCUT2D eigenvalue weighted by Gasteiger charge is -2.32. The smallest absolute Gasteiger partial charge is 0.225 e. The highest BCUT2D eigenvalue weighted by Gasteiger charge is 2.27. The summed E-state index contributed by atoms with van der Waals surface area (Å²) >= 11 is 0. The molecule has 5 heteroatoms. The SMILES string of the molecule is CCCC(=O)N1CCCC(C(=O)NCc2cccc(OCc3ccccc3)c2)C1. The van der Waals surface area contributed by atoms with E-state index in [0.717, 1.165) is 42.7 Å². The molecule has 1 heterocycles. The number of hydrogen-bond donors (Lipinski definition) is 1. The van der Waals surface area contributed by atoms with Gasteiger partial charge in [-0.05, 0) is 42.5 Å². The van der Waals surface area contributed by atoms with Crippen LogP contribution in [0.25, 0.3) is 0 Å². The Bertz CT molecular complexity index is 807. The van der Waals surface area contributed by atoms with Crippen molar-refractivity contribution >= 4 is 11.8 Å². The van der Waals surface area contributed by atoms with Gasteiger partial charge in [-0.1, -0.05) is 49.4 Å². The second kappa shape index (κ2) is 10.6. The number of nitrogens with one attached hydrogen (secondary N) is 1. The maximum atomic E-state index is 12.6. The fraction of sp³-hybridized carbons (Fsp3) is 0.417. The number of piperidine rings is 1. The average Bonchev–Trinajstić information content (AvgIpc) is 2.77. The molecule has 0 saturated carbocycles. The Kier molecular flexibility index (Phi) is 7.68. The first-order chi connectivity index (χ1) is 14.2. The molecule has 0 aliphatic carbocycles. The molecule has 1 unspecified atom stereocenters. The van der Waals surface area contributed by atoms with E-state index >= 15 is 0 Å². The molecule has 154 valence electrons. The summed E-state index contributed by atoms with van der Waals surface area (Å²) < 4.78 is 5.86. The van der Waals surface area contributed by atoms with Crippen molar-refractivity contribution in [3.63, 3.8) is 0 Å². The molecule has 0 spiro atoms. The number of ether oxygens (including phenoxy) is 1. The van der Waals surface area contributed by atoms with E-state index in [1.807, 2.05) is 66.4 Å². The van der Waals surface area contributed by atoms with Gasteiger partial charge in [0.1, 0.15) is 12.4 Å². The third-order valence-corrected chi connectivity index (χ3v) is 5.22. The van der Waals surface area contributed by atoms with Crippen LogP contribution in [0.1, 0.15) is 43.7 Å². The molecule has 0 radical (unpaired) electrons. The number of carbonyl (C=O) groups excluding carboxylic acids is 2. The lowest BCUT2D eigenvalue weighted by molar-refractivity contribution is -0.135. The second-order valence-electron chi connectivity index (χ2n) is 7.57. The van der Waals surface area contributed by atoms with E-state index in [1.165, 1.54) is 0 Å². The molecule has 0 aromatic heterocycles. The standard InChI is InChI=1S/C24H30N2O3/c1-2-8-23(27)26-14-7-12-21(17-26)24(28)25-16-20-11-6-13-22(15-20)29-18-19-9-4-3-5-10-19/h3-6,9-11,13,15,21H,2,7-8,12,14,16-18H2,1H3,(H,25,28). The summed E-state index contributed by atoms with van der Waals surface area (Å²) in [4.78, 5) is 26.6. The van der Waals surface area contributed by atoms with Crippen LogP contribution in [0, 0.1) is 5.92 Å². The van der Waals surface area contributed by atoms with Crippen LogP contribution in [-0.2, 0) is 22.7 Å². The zero-order valence-corrected chi connectivity index (χ0v) is 17.1. The van der Waals surface area contributed by atoms with Gasteiger partial charge in [0.25, 0.3) is 0 Å². The minimum atomic E-state index is -0.123. The van der Waals surface area contributed by atoms with Crippen molar-refractivity contribution in [3.8, 4) is 5.75 Å². The molecule has 0 bridgehead atoms. The fourth-order valence-electron chi connectivity index (χ4n) is 3.61. The van der Waals surface area contributed by atoms with E-state index in [2.05, 4.69) is 5.32 Å². The normalized spacial score (nSPS) is 16.3. The maximum absolute atomic E-state index is 12.6. The van der Waals surface area contributed by atoms with Gasteiger partial charge in [-0.3, -0.25) is 9.59 Å². The summed E-state index contributed by atoms with van der Waals surface area (Å²) in [5, 5.41) is 3.03. The molecule has 2 aromatic rings. The van der Waals surface area contributed by atoms with Crippen molar-refractivity contribution in [2.45, 2.75) is 45.8 Å². The van der Waals surface area contributed by atoms with Crippen LogP contribution in [0.15, 0.2) is 54.6 Å². The predicted molar refractivity (Wildman–Crippen MR) is 113 cm³/mol. The van der Waals surface area contributed by atoms with Gasteiger partial charge >= 0.3 is 0 Å². The Labute approximate surface area is 173 Å². The molecule has 5 nitrogen and oxygen atoms in total. The van der Waals surface area contributed by atoms with Crippen LogP contribution < -0.4 is 10.1 Å². The summed E-state index contributed by atoms with van der Waals surface area (Å²) in [6, 6.07) is 17.8. The van der Waals surface area contributed by atoms with E-state index in [0.29, 0.717) is 26.1 Å². The molecular weight excluding hydrogens is 364 g/mol. The molecule has 1 fully saturated rings. The van der Waals surface area contributed by atoms with Crippen molar-refractivity contribution < 1.29 is 14.3 Å². The highest BCUT2D eigenvalue weighted by atomic mass is 16.5. The van der Waals surface area contributed by atoms with Gasteiger partial charge in [-0.25, -0.2) is 0 Å². The lowest BCUT2D eigenvalue weighted by atomic mass is 9.96. The highest BCUT2D eigenvalue weighted by Crippen LogP contribution is 2.19. The zero-order valence-electron chi connectivity index (χ0n) is 17.1. The number of amides is 2. The number of benzene rings is 2. The molecule has 3 rings (SSSR count). The third-order valence-electron chi connectivity index (χ3n) is 5.22. The van der Waals surface area contributed by atoms with Crippen LogP contribution in [0.4, 0.5) is 0 Å². The minimum Gasteiger partial charge on any atom is -0.489 e. The molecular formula is C24H30N2O3. The summed E-state index contributed by atoms with van der Waals surface area (Å²) in [5.74, 6) is 0.847. The average molecular weight is 395 g/mol. The van der Waals surface area contributed by atoms with Crippen molar-refractivity contribution in [2.24, 2.45) is 5.92 Å². The van der Waals surface area contributed by atoms with Crippen LogP contribution in [0.3, 0.4) is 0 Å². The van der Waals surface area contributed by atoms with E-state index in [-0.39, 0.29) is 17.7 Å². The van der Waals surface area contributed by atoms with Crippen LogP contribution in [0.5, 0.6) is 5.75 Å². The van der Waals surface area contributed by atoms with E-state index in [4.69, 9.17) is 4.74 Å². The quantitative estimate of drug-likeness (QED) is 0.738. The van der Waals surface area contributed by atoms with Gasteiger partial charge in [0, 0.05) is 26.1 Å². The Morgan fingerprint density at radius 2 is 1.90 bits per heavy atom. The number of likely N-dealkylation sites (tertiary alicyclic amines) is 1. The minimum absolute atomic E-state index is 0.0228. The van der Waals surface area contributed by atoms with Crippen molar-refractivity contribution in [1.82, 2.24) is 10.2 Å². The molecule has 1 atom stereocenters. The molecule has 2 amide bonds.